The summed E-state index contributed by atoms with van der Waals surface area (Å²) < 4.78 is 0. The zero-order chi connectivity index (χ0) is 16.0. The van der Waals surface area contributed by atoms with Crippen molar-refractivity contribution >= 4 is 5.91 Å². The fourth-order valence-corrected chi connectivity index (χ4v) is 4.41. The van der Waals surface area contributed by atoms with E-state index in [-0.39, 0.29) is 22.8 Å². The van der Waals surface area contributed by atoms with Gasteiger partial charge in [-0.25, -0.2) is 0 Å². The minimum Gasteiger partial charge on any atom is -0.349 e. The fraction of sp³-hybridized carbons (Fsp3) is 0.632. The van der Waals surface area contributed by atoms with E-state index in [0.717, 1.165) is 25.7 Å². The van der Waals surface area contributed by atoms with E-state index in [1.54, 1.807) is 0 Å². The predicted molar refractivity (Wildman–Crippen MR) is 89.6 cm³/mol. The molecule has 0 bridgehead atoms. The molecule has 3 nitrogen and oxygen atoms in total. The summed E-state index contributed by atoms with van der Waals surface area (Å²) in [6.45, 7) is 6.91. The summed E-state index contributed by atoms with van der Waals surface area (Å²) in [5, 5.41) is 3.25. The molecule has 1 aromatic carbocycles. The predicted octanol–water partition coefficient (Wildman–Crippen LogP) is 2.77. The Morgan fingerprint density at radius 1 is 1.45 bits per heavy atom. The van der Waals surface area contributed by atoms with E-state index in [4.69, 9.17) is 5.73 Å². The molecule has 3 N–H and O–H groups in total. The van der Waals surface area contributed by atoms with Gasteiger partial charge in [0.05, 0.1) is 0 Å². The van der Waals surface area contributed by atoms with Gasteiger partial charge in [0.1, 0.15) is 0 Å². The molecule has 1 spiro atoms. The molecule has 1 saturated carbocycles. The molecule has 1 amide bonds. The van der Waals surface area contributed by atoms with Crippen molar-refractivity contribution in [1.29, 1.82) is 0 Å². The van der Waals surface area contributed by atoms with E-state index >= 15 is 0 Å². The highest BCUT2D eigenvalue weighted by Gasteiger charge is 2.61. The summed E-state index contributed by atoms with van der Waals surface area (Å²) >= 11 is 0. The van der Waals surface area contributed by atoms with Gasteiger partial charge in [-0.3, -0.25) is 4.79 Å². The molecular formula is C19H28N2O. The van der Waals surface area contributed by atoms with Gasteiger partial charge in [0.25, 0.3) is 0 Å². The van der Waals surface area contributed by atoms with Crippen LogP contribution in [0.15, 0.2) is 24.3 Å². The van der Waals surface area contributed by atoms with Crippen molar-refractivity contribution in [2.24, 2.45) is 17.6 Å². The summed E-state index contributed by atoms with van der Waals surface area (Å²) in [7, 11) is 0. The summed E-state index contributed by atoms with van der Waals surface area (Å²) in [5.41, 5.74) is 8.61. The van der Waals surface area contributed by atoms with Crippen molar-refractivity contribution in [3.63, 3.8) is 0 Å². The van der Waals surface area contributed by atoms with E-state index in [2.05, 4.69) is 50.4 Å². The van der Waals surface area contributed by atoms with Crippen molar-refractivity contribution in [2.45, 2.75) is 57.4 Å². The molecule has 0 heterocycles. The molecule has 0 radical (unpaired) electrons. The van der Waals surface area contributed by atoms with Crippen LogP contribution in [0.2, 0.25) is 0 Å². The second-order valence-electron chi connectivity index (χ2n) is 7.92. The number of nitrogens with one attached hydrogen (secondary N) is 1. The SMILES string of the molecule is CC(C)CC(C)(CN)NC(=O)C1CC12CCc1ccccc12. The Balaban J connectivity index is 1.71. The quantitative estimate of drug-likeness (QED) is 0.878. The van der Waals surface area contributed by atoms with Crippen LogP contribution in [0.25, 0.3) is 0 Å². The highest BCUT2D eigenvalue weighted by atomic mass is 16.2. The third-order valence-electron chi connectivity index (χ3n) is 5.52. The Hall–Kier alpha value is -1.35. The topological polar surface area (TPSA) is 55.1 Å². The van der Waals surface area contributed by atoms with E-state index < -0.39 is 0 Å². The lowest BCUT2D eigenvalue weighted by molar-refractivity contribution is -0.124. The molecule has 0 aliphatic heterocycles. The lowest BCUT2D eigenvalue weighted by Gasteiger charge is -2.31. The van der Waals surface area contributed by atoms with Gasteiger partial charge < -0.3 is 11.1 Å². The van der Waals surface area contributed by atoms with E-state index in [1.807, 2.05) is 0 Å². The van der Waals surface area contributed by atoms with E-state index in [1.165, 1.54) is 11.1 Å². The number of amides is 1. The van der Waals surface area contributed by atoms with Gasteiger partial charge in [-0.1, -0.05) is 38.1 Å². The molecule has 3 unspecified atom stereocenters. The Morgan fingerprint density at radius 2 is 2.18 bits per heavy atom. The average molecular weight is 300 g/mol. The van der Waals surface area contributed by atoms with Gasteiger partial charge in [-0.05, 0) is 49.7 Å². The summed E-state index contributed by atoms with van der Waals surface area (Å²) in [6.07, 6.45) is 4.15. The first-order valence-electron chi connectivity index (χ1n) is 8.51. The molecule has 0 saturated heterocycles. The maximum Gasteiger partial charge on any atom is 0.224 e. The van der Waals surface area contributed by atoms with Crippen molar-refractivity contribution in [3.8, 4) is 0 Å². The normalized spacial score (nSPS) is 28.5. The highest BCUT2D eigenvalue weighted by Crippen LogP contribution is 2.61. The monoisotopic (exact) mass is 300 g/mol. The van der Waals surface area contributed by atoms with Gasteiger partial charge in [0.2, 0.25) is 5.91 Å². The lowest BCUT2D eigenvalue weighted by Crippen LogP contribution is -2.53. The molecule has 1 fully saturated rings. The lowest BCUT2D eigenvalue weighted by atomic mass is 9.89. The average Bonchev–Trinajstić information content (AvgIpc) is 3.09. The minimum absolute atomic E-state index is 0.119. The Morgan fingerprint density at radius 3 is 2.86 bits per heavy atom. The molecule has 2 aliphatic rings. The third-order valence-corrected chi connectivity index (χ3v) is 5.52. The molecule has 3 heteroatoms. The second-order valence-corrected chi connectivity index (χ2v) is 7.92. The fourth-order valence-electron chi connectivity index (χ4n) is 4.41. The molecular weight excluding hydrogens is 272 g/mol. The number of nitrogens with two attached hydrogens (primary N) is 1. The number of hydrogen-bond donors (Lipinski definition) is 2. The van der Waals surface area contributed by atoms with Crippen molar-refractivity contribution in [2.75, 3.05) is 6.54 Å². The smallest absolute Gasteiger partial charge is 0.224 e. The summed E-state index contributed by atoms with van der Waals surface area (Å²) in [5.74, 6) is 0.855. The summed E-state index contributed by atoms with van der Waals surface area (Å²) in [6, 6.07) is 8.62. The first kappa shape index (κ1) is 15.5. The Bertz CT molecular complexity index is 583. The molecule has 3 rings (SSSR count). The van der Waals surface area contributed by atoms with Crippen LogP contribution in [-0.2, 0) is 16.6 Å². The standard InChI is InChI=1S/C19H28N2O/c1-13(2)10-18(3,12-20)21-17(22)16-11-19(16)9-8-14-6-4-5-7-15(14)19/h4-7,13,16H,8-12,20H2,1-3H3,(H,21,22). The molecule has 2 aliphatic carbocycles. The molecule has 3 atom stereocenters. The van der Waals surface area contributed by atoms with Crippen molar-refractivity contribution in [3.05, 3.63) is 35.4 Å². The first-order valence-corrected chi connectivity index (χ1v) is 8.51. The molecule has 120 valence electrons. The van der Waals surface area contributed by atoms with Crippen LogP contribution in [0, 0.1) is 11.8 Å². The van der Waals surface area contributed by atoms with Crippen molar-refractivity contribution in [1.82, 2.24) is 5.32 Å². The van der Waals surface area contributed by atoms with Crippen LogP contribution in [0.1, 0.15) is 51.2 Å². The van der Waals surface area contributed by atoms with Crippen LogP contribution in [0.4, 0.5) is 0 Å². The van der Waals surface area contributed by atoms with Gasteiger partial charge in [-0.15, -0.1) is 0 Å². The van der Waals surface area contributed by atoms with E-state index in [9.17, 15) is 4.79 Å². The number of carbonyl (C=O) groups excluding carboxylic acids is 1. The van der Waals surface area contributed by atoms with Crippen LogP contribution in [-0.4, -0.2) is 18.0 Å². The minimum atomic E-state index is -0.285. The summed E-state index contributed by atoms with van der Waals surface area (Å²) in [4.78, 5) is 12.8. The third kappa shape index (κ3) is 2.56. The zero-order valence-electron chi connectivity index (χ0n) is 14.0. The largest absolute Gasteiger partial charge is 0.349 e. The van der Waals surface area contributed by atoms with Gasteiger partial charge in [0, 0.05) is 23.4 Å². The number of fused-ring (bicyclic) bond motifs is 2. The van der Waals surface area contributed by atoms with Crippen LogP contribution >= 0.6 is 0 Å². The Labute approximate surface area is 133 Å². The molecule has 0 aromatic heterocycles. The Kier molecular flexibility index (Phi) is 3.80. The number of carbonyl (C=O) groups is 1. The maximum absolute atomic E-state index is 12.8. The van der Waals surface area contributed by atoms with Crippen LogP contribution in [0.3, 0.4) is 0 Å². The van der Waals surface area contributed by atoms with Gasteiger partial charge >= 0.3 is 0 Å². The molecule has 1 aromatic rings. The second kappa shape index (κ2) is 5.38. The van der Waals surface area contributed by atoms with Crippen molar-refractivity contribution < 1.29 is 4.79 Å². The number of aryl methyl sites for hydroxylation is 1. The number of rotatable bonds is 5. The van der Waals surface area contributed by atoms with Crippen LogP contribution in [0.5, 0.6) is 0 Å². The first-order chi connectivity index (χ1) is 10.4. The number of hydrogen-bond acceptors (Lipinski definition) is 2. The van der Waals surface area contributed by atoms with Gasteiger partial charge in [-0.2, -0.15) is 0 Å². The van der Waals surface area contributed by atoms with Crippen LogP contribution < -0.4 is 11.1 Å². The molecule has 22 heavy (non-hydrogen) atoms. The van der Waals surface area contributed by atoms with E-state index in [0.29, 0.717) is 12.5 Å². The highest BCUT2D eigenvalue weighted by molar-refractivity contribution is 5.85. The zero-order valence-corrected chi connectivity index (χ0v) is 14.0. The maximum atomic E-state index is 12.8. The van der Waals surface area contributed by atoms with Gasteiger partial charge in [0.15, 0.2) is 0 Å². The number of benzene rings is 1.